The molecule has 8 nitrogen and oxygen atoms in total. The molecule has 136 valence electrons. The van der Waals surface area contributed by atoms with E-state index in [0.29, 0.717) is 11.2 Å². The Balaban J connectivity index is 1.47. The number of hydrogen-bond acceptors (Lipinski definition) is 6. The number of aliphatic imine (C=N–C) groups is 1. The lowest BCUT2D eigenvalue weighted by molar-refractivity contribution is 0.478. The number of hydrazine groups is 1. The van der Waals surface area contributed by atoms with E-state index in [4.69, 9.17) is 0 Å². The highest BCUT2D eigenvalue weighted by Crippen LogP contribution is 2.48. The molecule has 6 rings (SSSR count). The molecule has 3 aromatic rings. The number of anilines is 1. The number of rotatable bonds is 3. The Labute approximate surface area is 154 Å². The fourth-order valence-corrected chi connectivity index (χ4v) is 3.92. The van der Waals surface area contributed by atoms with Gasteiger partial charge in [-0.3, -0.25) is 4.57 Å². The highest BCUT2D eigenvalue weighted by molar-refractivity contribution is 5.78. The number of benzene rings is 1. The number of para-hydroxylation sites is 1. The molecule has 3 aliphatic rings. The molecule has 0 saturated heterocycles. The van der Waals surface area contributed by atoms with Gasteiger partial charge in [-0.15, -0.1) is 9.89 Å². The van der Waals surface area contributed by atoms with Crippen molar-refractivity contribution in [2.75, 3.05) is 10.1 Å². The monoisotopic (exact) mass is 364 g/mol. The van der Waals surface area contributed by atoms with Crippen molar-refractivity contribution < 1.29 is 4.39 Å². The number of fused-ring (bicyclic) bond motifs is 6. The first-order valence-electron chi connectivity index (χ1n) is 8.99. The highest BCUT2D eigenvalue weighted by Gasteiger charge is 2.42. The first-order chi connectivity index (χ1) is 13.1. The van der Waals surface area contributed by atoms with Crippen molar-refractivity contribution >= 4 is 12.2 Å². The summed E-state index contributed by atoms with van der Waals surface area (Å²) in [5.74, 6) is 0.604. The van der Waals surface area contributed by atoms with E-state index in [-0.39, 0.29) is 6.17 Å². The third-order valence-electron chi connectivity index (χ3n) is 5.66. The molecule has 0 radical (unpaired) electrons. The van der Waals surface area contributed by atoms with E-state index in [0.717, 1.165) is 23.4 Å². The van der Waals surface area contributed by atoms with Crippen molar-refractivity contribution in [1.82, 2.24) is 24.7 Å². The van der Waals surface area contributed by atoms with Crippen LogP contribution in [0.1, 0.15) is 37.2 Å². The van der Waals surface area contributed by atoms with Crippen LogP contribution in [-0.2, 0) is 6.42 Å². The van der Waals surface area contributed by atoms with Crippen molar-refractivity contribution in [3.8, 4) is 5.69 Å². The number of aromatic nitrogens is 5. The Kier molecular flexibility index (Phi) is 2.72. The van der Waals surface area contributed by atoms with Gasteiger partial charge in [-0.2, -0.15) is 9.51 Å². The second kappa shape index (κ2) is 4.93. The number of hydrogen-bond donors (Lipinski definition) is 0. The van der Waals surface area contributed by atoms with Gasteiger partial charge in [0.1, 0.15) is 6.34 Å². The topological polar surface area (TPSA) is 67.4 Å². The molecule has 1 saturated carbocycles. The molecule has 0 bridgehead atoms. The lowest BCUT2D eigenvalue weighted by Gasteiger charge is -2.37. The van der Waals surface area contributed by atoms with Crippen LogP contribution >= 0.6 is 0 Å². The molecule has 0 amide bonds. The summed E-state index contributed by atoms with van der Waals surface area (Å²) in [5.41, 5.74) is 2.99. The van der Waals surface area contributed by atoms with Crippen molar-refractivity contribution in [3.63, 3.8) is 0 Å². The molecule has 1 aromatic carbocycles. The summed E-state index contributed by atoms with van der Waals surface area (Å²) in [4.78, 5) is 10.3. The smallest absolute Gasteiger partial charge is 0.253 e. The molecule has 0 N–H and O–H groups in total. The zero-order valence-electron chi connectivity index (χ0n) is 14.7. The van der Waals surface area contributed by atoms with Crippen LogP contribution in [0, 0.1) is 11.5 Å². The Hall–Kier alpha value is -3.23. The van der Waals surface area contributed by atoms with Crippen LogP contribution in [-0.4, -0.2) is 31.0 Å². The van der Waals surface area contributed by atoms with Crippen molar-refractivity contribution in [1.29, 1.82) is 0 Å². The zero-order chi connectivity index (χ0) is 18.2. The van der Waals surface area contributed by atoms with Gasteiger partial charge in [0.15, 0.2) is 12.0 Å². The summed E-state index contributed by atoms with van der Waals surface area (Å²) in [6.45, 7) is 2.27. The van der Waals surface area contributed by atoms with Gasteiger partial charge in [-0.25, -0.2) is 15.0 Å². The van der Waals surface area contributed by atoms with Crippen molar-refractivity contribution in [3.05, 3.63) is 54.0 Å². The van der Waals surface area contributed by atoms with Gasteiger partial charge < -0.3 is 0 Å². The maximum absolute atomic E-state index is 14.5. The lowest BCUT2D eigenvalue weighted by Crippen LogP contribution is -2.50. The second-order valence-corrected chi connectivity index (χ2v) is 7.69. The summed E-state index contributed by atoms with van der Waals surface area (Å²) < 4.78 is 16.0. The van der Waals surface area contributed by atoms with E-state index in [1.54, 1.807) is 22.4 Å². The summed E-state index contributed by atoms with van der Waals surface area (Å²) in [5, 5.41) is 12.1. The van der Waals surface area contributed by atoms with Gasteiger partial charge >= 0.3 is 0 Å². The van der Waals surface area contributed by atoms with E-state index in [2.05, 4.69) is 27.2 Å². The van der Waals surface area contributed by atoms with E-state index >= 15 is 0 Å². The highest BCUT2D eigenvalue weighted by atomic mass is 19.1. The quantitative estimate of drug-likeness (QED) is 0.714. The number of halogens is 1. The van der Waals surface area contributed by atoms with E-state index in [1.807, 2.05) is 29.3 Å². The molecule has 1 unspecified atom stereocenters. The van der Waals surface area contributed by atoms with Gasteiger partial charge in [0, 0.05) is 5.56 Å². The van der Waals surface area contributed by atoms with Gasteiger partial charge in [0.05, 0.1) is 23.8 Å². The van der Waals surface area contributed by atoms with Crippen LogP contribution in [0.15, 0.2) is 41.7 Å². The fraction of sp³-hybridized carbons (Fsp3) is 0.333. The van der Waals surface area contributed by atoms with Crippen LogP contribution in [0.4, 0.5) is 10.2 Å². The van der Waals surface area contributed by atoms with Gasteiger partial charge in [-0.1, -0.05) is 25.1 Å². The molecule has 4 heterocycles. The van der Waals surface area contributed by atoms with Crippen LogP contribution in [0.5, 0.6) is 0 Å². The Morgan fingerprint density at radius 2 is 2.07 bits per heavy atom. The molecule has 2 aliphatic heterocycles. The lowest BCUT2D eigenvalue weighted by atomic mass is 10.0. The van der Waals surface area contributed by atoms with Crippen LogP contribution in [0.3, 0.4) is 0 Å². The van der Waals surface area contributed by atoms with Gasteiger partial charge in [0.25, 0.3) is 6.08 Å². The minimum atomic E-state index is -0.549. The Bertz CT molecular complexity index is 1080. The summed E-state index contributed by atoms with van der Waals surface area (Å²) >= 11 is 0. The SMILES string of the molecule is CC1(Cc2cnnn2N2C=NC3c4ccccc4-n4c(cnc4F)N32)CC1. The first kappa shape index (κ1) is 14.9. The largest absolute Gasteiger partial charge is 0.295 e. The third kappa shape index (κ3) is 2.02. The van der Waals surface area contributed by atoms with Gasteiger partial charge in [-0.05, 0) is 36.0 Å². The standard InChI is InChI=1S/C18H17FN8/c1-18(6-7-18)8-12-9-22-23-27(12)24-11-21-16-13-4-2-3-5-14(13)25-15(26(16)24)10-20-17(25)19/h2-5,9-11,16H,6-8H2,1H3. The zero-order valence-corrected chi connectivity index (χ0v) is 14.7. The predicted octanol–water partition coefficient (Wildman–Crippen LogP) is 2.36. The van der Waals surface area contributed by atoms with Gasteiger partial charge in [0.2, 0.25) is 0 Å². The molecule has 0 spiro atoms. The number of nitrogens with zero attached hydrogens (tertiary/aromatic N) is 8. The molecule has 2 aromatic heterocycles. The molecule has 1 aliphatic carbocycles. The van der Waals surface area contributed by atoms with E-state index in [9.17, 15) is 4.39 Å². The maximum atomic E-state index is 14.5. The second-order valence-electron chi connectivity index (χ2n) is 7.69. The predicted molar refractivity (Wildman–Crippen MR) is 96.5 cm³/mol. The average molecular weight is 364 g/mol. The van der Waals surface area contributed by atoms with Crippen molar-refractivity contribution in [2.45, 2.75) is 32.4 Å². The molecular weight excluding hydrogens is 347 g/mol. The summed E-state index contributed by atoms with van der Waals surface area (Å²) in [6, 6.07) is 7.67. The van der Waals surface area contributed by atoms with Crippen LogP contribution < -0.4 is 10.1 Å². The minimum Gasteiger partial charge on any atom is -0.253 e. The van der Waals surface area contributed by atoms with E-state index in [1.165, 1.54) is 23.6 Å². The molecule has 1 atom stereocenters. The van der Waals surface area contributed by atoms with Crippen molar-refractivity contribution in [2.24, 2.45) is 10.4 Å². The molecule has 1 fully saturated rings. The summed E-state index contributed by atoms with van der Waals surface area (Å²) in [6.07, 6.45) is 7.51. The van der Waals surface area contributed by atoms with Crippen LogP contribution in [0.2, 0.25) is 0 Å². The summed E-state index contributed by atoms with van der Waals surface area (Å²) in [7, 11) is 0. The Morgan fingerprint density at radius 3 is 2.93 bits per heavy atom. The minimum absolute atomic E-state index is 0.293. The molecule has 9 heteroatoms. The first-order valence-corrected chi connectivity index (χ1v) is 8.99. The van der Waals surface area contributed by atoms with Crippen LogP contribution in [0.25, 0.3) is 5.69 Å². The van der Waals surface area contributed by atoms with E-state index < -0.39 is 6.08 Å². The fourth-order valence-electron chi connectivity index (χ4n) is 3.92. The number of imidazole rings is 1. The third-order valence-corrected chi connectivity index (χ3v) is 5.66. The Morgan fingerprint density at radius 1 is 1.22 bits per heavy atom. The molecule has 27 heavy (non-hydrogen) atoms. The normalized spacial score (nSPS) is 21.2. The maximum Gasteiger partial charge on any atom is 0.295 e. The molecular formula is C18H17FN8. The average Bonchev–Trinajstić information content (AvgIpc) is 3.06.